The Balaban J connectivity index is 1.60. The molecule has 1 aliphatic rings. The fraction of sp³-hybridized carbons (Fsp3) is 0.150. The number of nitrogens with one attached hydrogen (secondary N) is 1. The topological polar surface area (TPSA) is 58.1 Å². The van der Waals surface area contributed by atoms with Gasteiger partial charge in [-0.2, -0.15) is 0 Å². The molecule has 0 radical (unpaired) electrons. The minimum Gasteiger partial charge on any atom is -0.340 e. The van der Waals surface area contributed by atoms with Crippen LogP contribution in [0.2, 0.25) is 0 Å². The van der Waals surface area contributed by atoms with Crippen molar-refractivity contribution in [2.24, 2.45) is 0 Å². The van der Waals surface area contributed by atoms with Crippen molar-refractivity contribution in [2.45, 2.75) is 12.8 Å². The Morgan fingerprint density at radius 1 is 1.00 bits per heavy atom. The highest BCUT2D eigenvalue weighted by atomic mass is 16.2. The summed E-state index contributed by atoms with van der Waals surface area (Å²) in [4.78, 5) is 23.2. The third-order valence-corrected chi connectivity index (χ3v) is 4.29. The fourth-order valence-corrected chi connectivity index (χ4v) is 3.09. The molecule has 0 saturated heterocycles. The lowest BCUT2D eigenvalue weighted by molar-refractivity contribution is 0.0980. The van der Waals surface area contributed by atoms with E-state index in [9.17, 15) is 4.79 Å². The Kier molecular flexibility index (Phi) is 4.12. The summed E-state index contributed by atoms with van der Waals surface area (Å²) in [5.41, 5.74) is 3.50. The molecular formula is C20H18N4O. The van der Waals surface area contributed by atoms with E-state index in [4.69, 9.17) is 0 Å². The maximum Gasteiger partial charge on any atom is 0.277 e. The second kappa shape index (κ2) is 6.73. The zero-order valence-electron chi connectivity index (χ0n) is 13.7. The summed E-state index contributed by atoms with van der Waals surface area (Å²) >= 11 is 0. The van der Waals surface area contributed by atoms with Gasteiger partial charge in [0.25, 0.3) is 5.91 Å². The number of anilines is 3. The van der Waals surface area contributed by atoms with E-state index >= 15 is 0 Å². The lowest BCUT2D eigenvalue weighted by Gasteiger charge is -2.29. The zero-order chi connectivity index (χ0) is 17.1. The Bertz CT molecular complexity index is 895. The SMILES string of the molecule is O=C(c1cc(Nc2ccccc2)ncn1)N1CCCc2ccccc21. The number of aryl methyl sites for hydroxylation is 1. The number of nitrogens with zero attached hydrogens (tertiary/aromatic N) is 3. The van der Waals surface area contributed by atoms with Gasteiger partial charge in [0.15, 0.2) is 0 Å². The number of rotatable bonds is 3. The molecular weight excluding hydrogens is 312 g/mol. The number of carbonyl (C=O) groups excluding carboxylic acids is 1. The van der Waals surface area contributed by atoms with Crippen LogP contribution in [0.5, 0.6) is 0 Å². The molecule has 2 aromatic carbocycles. The minimum atomic E-state index is -0.0920. The molecule has 0 aliphatic carbocycles. The normalized spacial score (nSPS) is 13.2. The van der Waals surface area contributed by atoms with Gasteiger partial charge in [-0.05, 0) is 36.6 Å². The van der Waals surface area contributed by atoms with Gasteiger partial charge in [-0.3, -0.25) is 4.79 Å². The third-order valence-electron chi connectivity index (χ3n) is 4.29. The highest BCUT2D eigenvalue weighted by Crippen LogP contribution is 2.28. The van der Waals surface area contributed by atoms with Gasteiger partial charge in [-0.1, -0.05) is 36.4 Å². The predicted molar refractivity (Wildman–Crippen MR) is 98.2 cm³/mol. The maximum atomic E-state index is 13.0. The molecule has 25 heavy (non-hydrogen) atoms. The first-order valence-corrected chi connectivity index (χ1v) is 8.35. The summed E-state index contributed by atoms with van der Waals surface area (Å²) in [6, 6.07) is 19.5. The Labute approximate surface area is 146 Å². The first-order chi connectivity index (χ1) is 12.3. The summed E-state index contributed by atoms with van der Waals surface area (Å²) in [5, 5.41) is 3.20. The highest BCUT2D eigenvalue weighted by Gasteiger charge is 2.24. The molecule has 0 bridgehead atoms. The zero-order valence-corrected chi connectivity index (χ0v) is 13.7. The molecule has 0 fully saturated rings. The monoisotopic (exact) mass is 330 g/mol. The molecule has 2 heterocycles. The number of carbonyl (C=O) groups is 1. The van der Waals surface area contributed by atoms with Gasteiger partial charge in [0.05, 0.1) is 0 Å². The van der Waals surface area contributed by atoms with E-state index in [-0.39, 0.29) is 5.91 Å². The van der Waals surface area contributed by atoms with Crippen LogP contribution in [-0.4, -0.2) is 22.4 Å². The van der Waals surface area contributed by atoms with Crippen molar-refractivity contribution in [1.82, 2.24) is 9.97 Å². The number of para-hydroxylation sites is 2. The van der Waals surface area contributed by atoms with Crippen LogP contribution in [0.3, 0.4) is 0 Å². The van der Waals surface area contributed by atoms with Crippen molar-refractivity contribution >= 4 is 23.1 Å². The second-order valence-corrected chi connectivity index (χ2v) is 5.97. The van der Waals surface area contributed by atoms with Gasteiger partial charge < -0.3 is 10.2 Å². The molecule has 1 amide bonds. The van der Waals surface area contributed by atoms with Crippen LogP contribution in [0, 0.1) is 0 Å². The average molecular weight is 330 g/mol. The lowest BCUT2D eigenvalue weighted by Crippen LogP contribution is -2.36. The van der Waals surface area contributed by atoms with Crippen LogP contribution in [0.15, 0.2) is 67.0 Å². The van der Waals surface area contributed by atoms with Crippen LogP contribution in [0.25, 0.3) is 0 Å². The van der Waals surface area contributed by atoms with Crippen LogP contribution in [0.4, 0.5) is 17.2 Å². The van der Waals surface area contributed by atoms with E-state index in [1.165, 1.54) is 11.9 Å². The predicted octanol–water partition coefficient (Wildman–Crippen LogP) is 3.81. The van der Waals surface area contributed by atoms with Gasteiger partial charge in [-0.25, -0.2) is 9.97 Å². The van der Waals surface area contributed by atoms with Gasteiger partial charge >= 0.3 is 0 Å². The minimum absolute atomic E-state index is 0.0920. The summed E-state index contributed by atoms with van der Waals surface area (Å²) < 4.78 is 0. The number of aromatic nitrogens is 2. The summed E-state index contributed by atoms with van der Waals surface area (Å²) in [7, 11) is 0. The molecule has 4 rings (SSSR count). The molecule has 0 atom stereocenters. The van der Waals surface area contributed by atoms with Crippen molar-refractivity contribution < 1.29 is 4.79 Å². The van der Waals surface area contributed by atoms with Crippen molar-refractivity contribution in [2.75, 3.05) is 16.8 Å². The standard InChI is InChI=1S/C20H18N4O/c25-20(24-12-6-8-15-7-4-5-11-18(15)24)17-13-19(22-14-21-17)23-16-9-2-1-3-10-16/h1-5,7,9-11,13-14H,6,8,12H2,(H,21,22,23). The van der Waals surface area contributed by atoms with Crippen LogP contribution in [-0.2, 0) is 6.42 Å². The van der Waals surface area contributed by atoms with Gasteiger partial charge in [-0.15, -0.1) is 0 Å². The van der Waals surface area contributed by atoms with E-state index in [0.717, 1.165) is 24.2 Å². The van der Waals surface area contributed by atoms with Gasteiger partial charge in [0.1, 0.15) is 17.8 Å². The quantitative estimate of drug-likeness (QED) is 0.793. The maximum absolute atomic E-state index is 13.0. The molecule has 3 aromatic rings. The summed E-state index contributed by atoms with van der Waals surface area (Å²) in [6.07, 6.45) is 3.39. The lowest BCUT2D eigenvalue weighted by atomic mass is 10.0. The first kappa shape index (κ1) is 15.3. The van der Waals surface area contributed by atoms with Crippen LogP contribution < -0.4 is 10.2 Å². The van der Waals surface area contributed by atoms with E-state index < -0.39 is 0 Å². The summed E-state index contributed by atoms with van der Waals surface area (Å²) in [6.45, 7) is 0.710. The van der Waals surface area contributed by atoms with Crippen molar-refractivity contribution in [3.05, 3.63) is 78.2 Å². The molecule has 1 aliphatic heterocycles. The molecule has 1 N–H and O–H groups in total. The molecule has 124 valence electrons. The van der Waals surface area contributed by atoms with E-state index in [1.807, 2.05) is 53.4 Å². The highest BCUT2D eigenvalue weighted by molar-refractivity contribution is 6.05. The van der Waals surface area contributed by atoms with Crippen molar-refractivity contribution in [3.63, 3.8) is 0 Å². The summed E-state index contributed by atoms with van der Waals surface area (Å²) in [5.74, 6) is 0.514. The molecule has 0 unspecified atom stereocenters. The van der Waals surface area contributed by atoms with E-state index in [1.54, 1.807) is 6.07 Å². The first-order valence-electron chi connectivity index (χ1n) is 8.35. The van der Waals surface area contributed by atoms with Gasteiger partial charge in [0, 0.05) is 24.0 Å². The van der Waals surface area contributed by atoms with E-state index in [2.05, 4.69) is 21.4 Å². The molecule has 5 heteroatoms. The number of amides is 1. The Hall–Kier alpha value is -3.21. The van der Waals surface area contributed by atoms with Crippen molar-refractivity contribution in [1.29, 1.82) is 0 Å². The Morgan fingerprint density at radius 2 is 1.80 bits per heavy atom. The molecule has 0 spiro atoms. The second-order valence-electron chi connectivity index (χ2n) is 5.97. The van der Waals surface area contributed by atoms with Gasteiger partial charge in [0.2, 0.25) is 0 Å². The molecule has 5 nitrogen and oxygen atoms in total. The smallest absolute Gasteiger partial charge is 0.277 e. The average Bonchev–Trinajstić information content (AvgIpc) is 2.68. The molecule has 1 aromatic heterocycles. The molecule has 0 saturated carbocycles. The van der Waals surface area contributed by atoms with E-state index in [0.29, 0.717) is 18.1 Å². The number of benzene rings is 2. The number of fused-ring (bicyclic) bond motifs is 1. The van der Waals surface area contributed by atoms with Crippen molar-refractivity contribution in [3.8, 4) is 0 Å². The van der Waals surface area contributed by atoms with Crippen LogP contribution in [0.1, 0.15) is 22.5 Å². The number of hydrogen-bond donors (Lipinski definition) is 1. The van der Waals surface area contributed by atoms with Crippen LogP contribution >= 0.6 is 0 Å². The largest absolute Gasteiger partial charge is 0.340 e. The third kappa shape index (κ3) is 3.21. The fourth-order valence-electron chi connectivity index (χ4n) is 3.09. The Morgan fingerprint density at radius 3 is 2.68 bits per heavy atom. The number of hydrogen-bond acceptors (Lipinski definition) is 4.